The van der Waals surface area contributed by atoms with E-state index in [0.29, 0.717) is 24.1 Å². The maximum Gasteiger partial charge on any atom is 0.306 e. The van der Waals surface area contributed by atoms with Crippen molar-refractivity contribution in [1.82, 2.24) is 0 Å². The van der Waals surface area contributed by atoms with Crippen molar-refractivity contribution in [3.05, 3.63) is 29.8 Å². The highest BCUT2D eigenvalue weighted by atomic mass is 32.2. The molecule has 148 valence electrons. The average molecular weight is 395 g/mol. The molecule has 1 N–H and O–H groups in total. The summed E-state index contributed by atoms with van der Waals surface area (Å²) in [6.07, 6.45) is 0.877. The second kappa shape index (κ2) is 9.12. The Morgan fingerprint density at radius 1 is 1.19 bits per heavy atom. The molecular weight excluding hydrogens is 370 g/mol. The number of hydrogen-bond donors (Lipinski definition) is 1. The minimum absolute atomic E-state index is 0.0000376. The van der Waals surface area contributed by atoms with E-state index in [2.05, 4.69) is 5.32 Å². The van der Waals surface area contributed by atoms with Gasteiger partial charge in [0.25, 0.3) is 0 Å². The van der Waals surface area contributed by atoms with E-state index in [1.54, 1.807) is 24.3 Å². The largest absolute Gasteiger partial charge is 0.457 e. The third-order valence-electron chi connectivity index (χ3n) is 4.23. The summed E-state index contributed by atoms with van der Waals surface area (Å²) in [6, 6.07) is 6.36. The standard InChI is InChI=1S/C19H25NO6S/c1-13(2)9-18(22)20-16-5-3-15(4-6-16)17(21)11-26-19(23)10-14-7-8-27(24,25)12-14/h3-6,13-14H,7-12H2,1-2H3,(H,20,22)/t14-/m0/s1. The highest BCUT2D eigenvalue weighted by molar-refractivity contribution is 7.91. The second-order valence-electron chi connectivity index (χ2n) is 7.28. The monoisotopic (exact) mass is 395 g/mol. The number of esters is 1. The number of nitrogens with one attached hydrogen (secondary N) is 1. The van der Waals surface area contributed by atoms with Crippen LogP contribution in [-0.4, -0.2) is 44.2 Å². The van der Waals surface area contributed by atoms with E-state index >= 15 is 0 Å². The van der Waals surface area contributed by atoms with Crippen molar-refractivity contribution in [2.75, 3.05) is 23.4 Å². The molecule has 1 aliphatic rings. The summed E-state index contributed by atoms with van der Waals surface area (Å²) in [5, 5.41) is 2.75. The molecule has 0 saturated carbocycles. The van der Waals surface area contributed by atoms with E-state index in [4.69, 9.17) is 4.74 Å². The topological polar surface area (TPSA) is 107 Å². The van der Waals surface area contributed by atoms with Crippen LogP contribution >= 0.6 is 0 Å². The van der Waals surface area contributed by atoms with E-state index in [0.717, 1.165) is 0 Å². The van der Waals surface area contributed by atoms with Crippen molar-refractivity contribution in [2.24, 2.45) is 11.8 Å². The summed E-state index contributed by atoms with van der Waals surface area (Å²) in [6.45, 7) is 3.51. The Kier molecular flexibility index (Phi) is 7.12. The lowest BCUT2D eigenvalue weighted by Crippen LogP contribution is -2.17. The minimum atomic E-state index is -3.04. The van der Waals surface area contributed by atoms with E-state index in [-0.39, 0.29) is 41.5 Å². The number of anilines is 1. The van der Waals surface area contributed by atoms with Crippen molar-refractivity contribution >= 4 is 33.2 Å². The molecule has 1 saturated heterocycles. The van der Waals surface area contributed by atoms with Gasteiger partial charge in [0, 0.05) is 24.1 Å². The summed E-state index contributed by atoms with van der Waals surface area (Å²) in [4.78, 5) is 35.6. The molecule has 2 rings (SSSR count). The highest BCUT2D eigenvalue weighted by Crippen LogP contribution is 2.22. The zero-order valence-electron chi connectivity index (χ0n) is 15.6. The summed E-state index contributed by atoms with van der Waals surface area (Å²) in [7, 11) is -3.04. The van der Waals surface area contributed by atoms with Gasteiger partial charge in [-0.25, -0.2) is 8.42 Å². The van der Waals surface area contributed by atoms with E-state index in [1.807, 2.05) is 13.8 Å². The lowest BCUT2D eigenvalue weighted by molar-refractivity contribution is -0.143. The number of ketones is 1. The first-order valence-corrected chi connectivity index (χ1v) is 10.8. The number of benzene rings is 1. The first kappa shape index (κ1) is 21.1. The molecule has 0 aliphatic carbocycles. The molecule has 0 aromatic heterocycles. The maximum absolute atomic E-state index is 12.1. The lowest BCUT2D eigenvalue weighted by Gasteiger charge is -2.09. The second-order valence-corrected chi connectivity index (χ2v) is 9.51. The number of carbonyl (C=O) groups is 3. The average Bonchev–Trinajstić information content (AvgIpc) is 2.91. The van der Waals surface area contributed by atoms with Gasteiger partial charge in [0.05, 0.1) is 11.5 Å². The Labute approximate surface area is 159 Å². The molecule has 1 aliphatic heterocycles. The van der Waals surface area contributed by atoms with Crippen molar-refractivity contribution < 1.29 is 27.5 Å². The van der Waals surface area contributed by atoms with E-state index < -0.39 is 22.4 Å². The number of carbonyl (C=O) groups excluding carboxylic acids is 3. The van der Waals surface area contributed by atoms with Crippen LogP contribution in [0.5, 0.6) is 0 Å². The predicted molar refractivity (Wildman–Crippen MR) is 101 cm³/mol. The summed E-state index contributed by atoms with van der Waals surface area (Å²) >= 11 is 0. The van der Waals surface area contributed by atoms with Gasteiger partial charge in [-0.1, -0.05) is 13.8 Å². The van der Waals surface area contributed by atoms with Crippen molar-refractivity contribution in [2.45, 2.75) is 33.1 Å². The smallest absolute Gasteiger partial charge is 0.306 e. The fourth-order valence-corrected chi connectivity index (χ4v) is 4.74. The Balaban J connectivity index is 1.78. The molecule has 1 fully saturated rings. The Bertz CT molecular complexity index is 798. The lowest BCUT2D eigenvalue weighted by atomic mass is 10.1. The van der Waals surface area contributed by atoms with Gasteiger partial charge in [0.15, 0.2) is 22.2 Å². The van der Waals surface area contributed by atoms with Gasteiger partial charge in [-0.05, 0) is 42.5 Å². The number of rotatable bonds is 8. The van der Waals surface area contributed by atoms with Gasteiger partial charge in [-0.2, -0.15) is 0 Å². The van der Waals surface area contributed by atoms with Crippen LogP contribution < -0.4 is 5.32 Å². The molecule has 1 atom stereocenters. The van der Waals surface area contributed by atoms with Crippen LogP contribution in [0.2, 0.25) is 0 Å². The van der Waals surface area contributed by atoms with Gasteiger partial charge in [-0.15, -0.1) is 0 Å². The molecule has 1 amide bonds. The van der Waals surface area contributed by atoms with Crippen LogP contribution in [0.1, 0.15) is 43.5 Å². The molecule has 8 heteroatoms. The number of hydrogen-bond acceptors (Lipinski definition) is 6. The summed E-state index contributed by atoms with van der Waals surface area (Å²) in [5.41, 5.74) is 0.963. The van der Waals surface area contributed by atoms with Crippen LogP contribution in [0.15, 0.2) is 24.3 Å². The Morgan fingerprint density at radius 2 is 1.85 bits per heavy atom. The van der Waals surface area contributed by atoms with Crippen molar-refractivity contribution in [1.29, 1.82) is 0 Å². The van der Waals surface area contributed by atoms with Crippen LogP contribution in [0.3, 0.4) is 0 Å². The SMILES string of the molecule is CC(C)CC(=O)Nc1ccc(C(=O)COC(=O)C[C@@H]2CCS(=O)(=O)C2)cc1. The van der Waals surface area contributed by atoms with E-state index in [9.17, 15) is 22.8 Å². The van der Waals surface area contributed by atoms with Gasteiger partial charge in [0.1, 0.15) is 0 Å². The van der Waals surface area contributed by atoms with Crippen LogP contribution in [0.25, 0.3) is 0 Å². The number of ether oxygens (including phenoxy) is 1. The van der Waals surface area contributed by atoms with Crippen LogP contribution in [-0.2, 0) is 24.2 Å². The molecule has 1 heterocycles. The van der Waals surface area contributed by atoms with Gasteiger partial charge in [-0.3, -0.25) is 14.4 Å². The number of amides is 1. The summed E-state index contributed by atoms with van der Waals surface area (Å²) in [5.74, 6) is -0.891. The normalized spacial score (nSPS) is 18.3. The summed E-state index contributed by atoms with van der Waals surface area (Å²) < 4.78 is 27.7. The fraction of sp³-hybridized carbons (Fsp3) is 0.526. The predicted octanol–water partition coefficient (Wildman–Crippen LogP) is 2.22. The minimum Gasteiger partial charge on any atom is -0.457 e. The van der Waals surface area contributed by atoms with E-state index in [1.165, 1.54) is 0 Å². The Morgan fingerprint density at radius 3 is 2.41 bits per heavy atom. The molecule has 0 spiro atoms. The quantitative estimate of drug-likeness (QED) is 0.534. The fourth-order valence-electron chi connectivity index (χ4n) is 2.88. The van der Waals surface area contributed by atoms with Crippen molar-refractivity contribution in [3.63, 3.8) is 0 Å². The van der Waals surface area contributed by atoms with Crippen molar-refractivity contribution in [3.8, 4) is 0 Å². The zero-order chi connectivity index (χ0) is 20.0. The molecule has 7 nitrogen and oxygen atoms in total. The number of Topliss-reactive ketones (excluding diaryl/α,β-unsaturated/α-hetero) is 1. The molecule has 1 aromatic rings. The molecule has 27 heavy (non-hydrogen) atoms. The maximum atomic E-state index is 12.1. The third-order valence-corrected chi connectivity index (χ3v) is 6.07. The zero-order valence-corrected chi connectivity index (χ0v) is 16.4. The number of sulfone groups is 1. The molecule has 0 unspecified atom stereocenters. The molecule has 0 bridgehead atoms. The van der Waals surface area contributed by atoms with Gasteiger partial charge in [0.2, 0.25) is 5.91 Å². The Hall–Kier alpha value is -2.22. The third kappa shape index (κ3) is 7.13. The first-order chi connectivity index (χ1) is 12.6. The molecular formula is C19H25NO6S. The van der Waals surface area contributed by atoms with Gasteiger partial charge < -0.3 is 10.1 Å². The van der Waals surface area contributed by atoms with Crippen LogP contribution in [0, 0.1) is 11.8 Å². The molecule has 1 aromatic carbocycles. The highest BCUT2D eigenvalue weighted by Gasteiger charge is 2.30. The van der Waals surface area contributed by atoms with Crippen LogP contribution in [0.4, 0.5) is 5.69 Å². The first-order valence-electron chi connectivity index (χ1n) is 8.94. The molecule has 0 radical (unpaired) electrons. The van der Waals surface area contributed by atoms with Gasteiger partial charge >= 0.3 is 5.97 Å².